The second-order valence-corrected chi connectivity index (χ2v) is 3.27. The summed E-state index contributed by atoms with van der Waals surface area (Å²) in [6.45, 7) is 1.78. The Bertz CT molecular complexity index is 379. The maximum atomic E-state index is 10.4. The number of aromatic hydroxyl groups is 1. The Hall–Kier alpha value is -1.82. The summed E-state index contributed by atoms with van der Waals surface area (Å²) < 4.78 is 0. The number of carbonyl (C=O) groups is 1. The lowest BCUT2D eigenvalue weighted by molar-refractivity contribution is -0.110. The minimum absolute atomic E-state index is 0.0813. The van der Waals surface area contributed by atoms with Gasteiger partial charge in [0.05, 0.1) is 11.6 Å². The van der Waals surface area contributed by atoms with Crippen LogP contribution in [-0.2, 0) is 11.2 Å². The first-order valence-corrected chi connectivity index (χ1v) is 4.34. The minimum atomic E-state index is -0.117. The lowest BCUT2D eigenvalue weighted by atomic mass is 10.0. The van der Waals surface area contributed by atoms with Gasteiger partial charge in [-0.15, -0.1) is 0 Å². The highest BCUT2D eigenvalue weighted by molar-refractivity contribution is 5.54. The van der Waals surface area contributed by atoms with Gasteiger partial charge in [0, 0.05) is 5.92 Å². The number of rotatable bonds is 3. The molecule has 1 N–H and O–H groups in total. The topological polar surface area (TPSA) is 61.1 Å². The van der Waals surface area contributed by atoms with Gasteiger partial charge < -0.3 is 9.90 Å². The average Bonchev–Trinajstić information content (AvgIpc) is 2.20. The zero-order valence-electron chi connectivity index (χ0n) is 7.90. The van der Waals surface area contributed by atoms with E-state index in [1.165, 1.54) is 6.07 Å². The molecule has 3 heteroatoms. The summed E-state index contributed by atoms with van der Waals surface area (Å²) in [7, 11) is 0. The number of nitrogens with zero attached hydrogens (tertiary/aromatic N) is 1. The van der Waals surface area contributed by atoms with E-state index in [0.717, 1.165) is 6.29 Å². The number of nitriles is 1. The second kappa shape index (κ2) is 4.43. The van der Waals surface area contributed by atoms with Crippen molar-refractivity contribution in [1.82, 2.24) is 0 Å². The molecule has 1 aromatic carbocycles. The molecule has 72 valence electrons. The third kappa shape index (κ3) is 2.33. The molecule has 0 aliphatic rings. The van der Waals surface area contributed by atoms with Crippen LogP contribution in [0.25, 0.3) is 0 Å². The van der Waals surface area contributed by atoms with Crippen molar-refractivity contribution in [3.8, 4) is 11.8 Å². The van der Waals surface area contributed by atoms with E-state index in [1.54, 1.807) is 19.1 Å². The average molecular weight is 189 g/mol. The molecule has 0 radical (unpaired) electrons. The summed E-state index contributed by atoms with van der Waals surface area (Å²) in [6.07, 6.45) is 1.35. The fraction of sp³-hybridized carbons (Fsp3) is 0.273. The number of phenolic OH excluding ortho intramolecular Hbond substituents is 1. The van der Waals surface area contributed by atoms with Crippen molar-refractivity contribution < 1.29 is 9.90 Å². The number of carbonyl (C=O) groups excluding carboxylic acids is 1. The van der Waals surface area contributed by atoms with Crippen LogP contribution in [0, 0.1) is 17.2 Å². The van der Waals surface area contributed by atoms with Crippen LogP contribution < -0.4 is 0 Å². The van der Waals surface area contributed by atoms with Gasteiger partial charge in [-0.3, -0.25) is 0 Å². The van der Waals surface area contributed by atoms with Crippen molar-refractivity contribution in [2.24, 2.45) is 5.92 Å². The minimum Gasteiger partial charge on any atom is -0.508 e. The Morgan fingerprint density at radius 1 is 1.64 bits per heavy atom. The molecule has 0 saturated heterocycles. The van der Waals surface area contributed by atoms with Gasteiger partial charge in [-0.05, 0) is 24.1 Å². The molecule has 14 heavy (non-hydrogen) atoms. The summed E-state index contributed by atoms with van der Waals surface area (Å²) >= 11 is 0. The standard InChI is InChI=1S/C11H11NO2/c1-8(7-13)4-10-3-2-9(6-12)5-11(10)14/h2-3,5,7-8,14H,4H2,1H3. The monoisotopic (exact) mass is 189 g/mol. The fourth-order valence-electron chi connectivity index (χ4n) is 1.20. The SMILES string of the molecule is CC(C=O)Cc1ccc(C#N)cc1O. The molecule has 1 unspecified atom stereocenters. The van der Waals surface area contributed by atoms with Gasteiger partial charge >= 0.3 is 0 Å². The van der Waals surface area contributed by atoms with Gasteiger partial charge in [-0.25, -0.2) is 0 Å². The maximum Gasteiger partial charge on any atom is 0.123 e. The fourth-order valence-corrected chi connectivity index (χ4v) is 1.20. The highest BCUT2D eigenvalue weighted by Crippen LogP contribution is 2.20. The lowest BCUT2D eigenvalue weighted by Gasteiger charge is -2.06. The summed E-state index contributed by atoms with van der Waals surface area (Å²) in [5.74, 6) is -0.0356. The number of phenols is 1. The summed E-state index contributed by atoms with van der Waals surface area (Å²) in [5, 5.41) is 18.1. The predicted molar refractivity (Wildman–Crippen MR) is 51.8 cm³/mol. The van der Waals surface area contributed by atoms with E-state index >= 15 is 0 Å². The normalized spacial score (nSPS) is 11.7. The van der Waals surface area contributed by atoms with Crippen LogP contribution in [0.1, 0.15) is 18.1 Å². The highest BCUT2D eigenvalue weighted by Gasteiger charge is 2.06. The van der Waals surface area contributed by atoms with Gasteiger partial charge in [0.2, 0.25) is 0 Å². The predicted octanol–water partition coefficient (Wildman–Crippen LogP) is 1.64. The van der Waals surface area contributed by atoms with Crippen molar-refractivity contribution in [1.29, 1.82) is 5.26 Å². The molecule has 1 atom stereocenters. The van der Waals surface area contributed by atoms with Crippen molar-refractivity contribution in [3.63, 3.8) is 0 Å². The Morgan fingerprint density at radius 3 is 2.86 bits per heavy atom. The first kappa shape index (κ1) is 10.3. The Labute approximate surface area is 82.6 Å². The third-order valence-electron chi connectivity index (χ3n) is 1.99. The largest absolute Gasteiger partial charge is 0.508 e. The van der Waals surface area contributed by atoms with E-state index in [1.807, 2.05) is 6.07 Å². The number of benzene rings is 1. The molecule has 0 saturated carbocycles. The first-order valence-electron chi connectivity index (χ1n) is 4.34. The van der Waals surface area contributed by atoms with Crippen LogP contribution >= 0.6 is 0 Å². The number of hydrogen-bond acceptors (Lipinski definition) is 3. The maximum absolute atomic E-state index is 10.4. The zero-order chi connectivity index (χ0) is 10.6. The summed E-state index contributed by atoms with van der Waals surface area (Å²) in [6, 6.07) is 6.65. The van der Waals surface area contributed by atoms with Gasteiger partial charge in [-0.2, -0.15) is 5.26 Å². The van der Waals surface area contributed by atoms with E-state index in [4.69, 9.17) is 5.26 Å². The van der Waals surface area contributed by atoms with Crippen LogP contribution in [0.15, 0.2) is 18.2 Å². The second-order valence-electron chi connectivity index (χ2n) is 3.27. The molecule has 0 spiro atoms. The molecule has 0 heterocycles. The molecule has 0 aromatic heterocycles. The molecule has 0 fully saturated rings. The molecule has 3 nitrogen and oxygen atoms in total. The van der Waals surface area contributed by atoms with Gasteiger partial charge in [0.15, 0.2) is 0 Å². The molecular formula is C11H11NO2. The quantitative estimate of drug-likeness (QED) is 0.735. The molecule has 1 rings (SSSR count). The Morgan fingerprint density at radius 2 is 2.36 bits per heavy atom. The van der Waals surface area contributed by atoms with Gasteiger partial charge in [0.25, 0.3) is 0 Å². The van der Waals surface area contributed by atoms with Gasteiger partial charge in [-0.1, -0.05) is 13.0 Å². The summed E-state index contributed by atoms with van der Waals surface area (Å²) in [4.78, 5) is 10.4. The van der Waals surface area contributed by atoms with Crippen LogP contribution in [-0.4, -0.2) is 11.4 Å². The van der Waals surface area contributed by atoms with Gasteiger partial charge in [0.1, 0.15) is 12.0 Å². The van der Waals surface area contributed by atoms with Crippen molar-refractivity contribution in [3.05, 3.63) is 29.3 Å². The third-order valence-corrected chi connectivity index (χ3v) is 1.99. The molecule has 0 amide bonds. The smallest absolute Gasteiger partial charge is 0.123 e. The number of hydrogen-bond donors (Lipinski definition) is 1. The van der Waals surface area contributed by atoms with E-state index in [9.17, 15) is 9.90 Å². The van der Waals surface area contributed by atoms with Crippen molar-refractivity contribution in [2.45, 2.75) is 13.3 Å². The molecular weight excluding hydrogens is 178 g/mol. The molecule has 1 aromatic rings. The summed E-state index contributed by atoms with van der Waals surface area (Å²) in [5.41, 5.74) is 1.12. The van der Waals surface area contributed by atoms with Crippen LogP contribution in [0.3, 0.4) is 0 Å². The first-order chi connectivity index (χ1) is 6.67. The van der Waals surface area contributed by atoms with E-state index in [2.05, 4.69) is 0 Å². The Kier molecular flexibility index (Phi) is 3.24. The van der Waals surface area contributed by atoms with Crippen molar-refractivity contribution in [2.75, 3.05) is 0 Å². The van der Waals surface area contributed by atoms with E-state index in [-0.39, 0.29) is 11.7 Å². The zero-order valence-corrected chi connectivity index (χ0v) is 7.90. The lowest BCUT2D eigenvalue weighted by Crippen LogP contribution is -2.00. The van der Waals surface area contributed by atoms with E-state index < -0.39 is 0 Å². The molecule has 0 bridgehead atoms. The van der Waals surface area contributed by atoms with Crippen LogP contribution in [0.2, 0.25) is 0 Å². The molecule has 0 aliphatic heterocycles. The Balaban J connectivity index is 2.90. The van der Waals surface area contributed by atoms with E-state index in [0.29, 0.717) is 17.5 Å². The van der Waals surface area contributed by atoms with Crippen molar-refractivity contribution >= 4 is 6.29 Å². The molecule has 0 aliphatic carbocycles. The number of aldehydes is 1. The van der Waals surface area contributed by atoms with Crippen LogP contribution in [0.4, 0.5) is 0 Å². The highest BCUT2D eigenvalue weighted by atomic mass is 16.3. The van der Waals surface area contributed by atoms with Crippen LogP contribution in [0.5, 0.6) is 5.75 Å².